The predicted molar refractivity (Wildman–Crippen MR) is 149 cm³/mol. The molecule has 9 nitrogen and oxygen atoms in total. The molecule has 5 N–H and O–H groups in total. The number of carbonyl (C=O) groups excluding carboxylic acids is 2. The van der Waals surface area contributed by atoms with Gasteiger partial charge in [0.2, 0.25) is 11.8 Å². The number of unbranched alkanes of at least 4 members (excludes halogenated alkanes) is 13. The lowest BCUT2D eigenvalue weighted by molar-refractivity contribution is -0.142. The summed E-state index contributed by atoms with van der Waals surface area (Å²) in [7, 11) is -3.35. The molecule has 0 aromatic rings. The van der Waals surface area contributed by atoms with Crippen LogP contribution in [0.15, 0.2) is 0 Å². The minimum atomic E-state index is -3.35. The Balaban J connectivity index is 4.36. The number of rotatable bonds is 25. The fourth-order valence-corrected chi connectivity index (χ4v) is 4.86. The Morgan fingerprint density at radius 1 is 0.730 bits per heavy atom. The van der Waals surface area contributed by atoms with Gasteiger partial charge in [-0.25, -0.2) is 13.2 Å². The van der Waals surface area contributed by atoms with Crippen LogP contribution >= 0.6 is 0 Å². The van der Waals surface area contributed by atoms with Crippen LogP contribution in [0.25, 0.3) is 0 Å². The van der Waals surface area contributed by atoms with Gasteiger partial charge < -0.3 is 21.5 Å². The number of hydrogen-bond acceptors (Lipinski definition) is 6. The predicted octanol–water partition coefficient (Wildman–Crippen LogP) is 4.09. The molecule has 0 aromatic heterocycles. The van der Waals surface area contributed by atoms with E-state index in [4.69, 9.17) is 5.73 Å². The van der Waals surface area contributed by atoms with Gasteiger partial charge in [0.15, 0.2) is 0 Å². The number of amides is 2. The molecular weight excluding hydrogens is 494 g/mol. The highest BCUT2D eigenvalue weighted by atomic mass is 32.2. The molecular formula is C27H53N3O6S. The Morgan fingerprint density at radius 3 is 1.70 bits per heavy atom. The molecule has 0 radical (unpaired) electrons. The first kappa shape index (κ1) is 35.3. The van der Waals surface area contributed by atoms with Gasteiger partial charge in [0.05, 0.1) is 5.75 Å². The third kappa shape index (κ3) is 22.1. The SMILES string of the molecule is CCCCCCCCCCCCCCCC(=O)NC(CCS(C)(=O)=O)C(=O)NC(CCCCN)C(=O)O. The Morgan fingerprint density at radius 2 is 1.24 bits per heavy atom. The minimum Gasteiger partial charge on any atom is -0.480 e. The second-order valence-corrected chi connectivity index (χ2v) is 12.5. The summed E-state index contributed by atoms with van der Waals surface area (Å²) in [5, 5.41) is 14.5. The van der Waals surface area contributed by atoms with E-state index in [1.165, 1.54) is 57.8 Å². The third-order valence-electron chi connectivity index (χ3n) is 6.50. The average molecular weight is 548 g/mol. The molecule has 0 saturated heterocycles. The van der Waals surface area contributed by atoms with Gasteiger partial charge in [-0.1, -0.05) is 84.0 Å². The largest absolute Gasteiger partial charge is 0.480 e. The van der Waals surface area contributed by atoms with Gasteiger partial charge in [-0.05, 0) is 38.6 Å². The van der Waals surface area contributed by atoms with E-state index in [2.05, 4.69) is 17.6 Å². The highest BCUT2D eigenvalue weighted by Crippen LogP contribution is 2.13. The Labute approximate surface area is 225 Å². The number of nitrogens with two attached hydrogens (primary N) is 1. The van der Waals surface area contributed by atoms with Crippen molar-refractivity contribution in [2.45, 2.75) is 135 Å². The van der Waals surface area contributed by atoms with Crippen LogP contribution in [0.1, 0.15) is 122 Å². The molecule has 0 fully saturated rings. The maximum absolute atomic E-state index is 12.7. The van der Waals surface area contributed by atoms with Gasteiger partial charge in [0.25, 0.3) is 0 Å². The van der Waals surface area contributed by atoms with E-state index in [0.717, 1.165) is 25.5 Å². The van der Waals surface area contributed by atoms with Crippen molar-refractivity contribution in [2.24, 2.45) is 5.73 Å². The van der Waals surface area contributed by atoms with Crippen LogP contribution in [-0.2, 0) is 24.2 Å². The molecule has 2 amide bonds. The molecule has 0 heterocycles. The molecule has 0 aromatic carbocycles. The van der Waals surface area contributed by atoms with Crippen LogP contribution in [0.5, 0.6) is 0 Å². The van der Waals surface area contributed by atoms with Crippen LogP contribution in [0.2, 0.25) is 0 Å². The van der Waals surface area contributed by atoms with Crippen molar-refractivity contribution >= 4 is 27.6 Å². The van der Waals surface area contributed by atoms with E-state index in [1.54, 1.807) is 0 Å². The van der Waals surface area contributed by atoms with Gasteiger partial charge >= 0.3 is 5.97 Å². The number of aliphatic carboxylic acids is 1. The van der Waals surface area contributed by atoms with E-state index in [1.807, 2.05) is 0 Å². The van der Waals surface area contributed by atoms with Gasteiger partial charge in [0, 0.05) is 12.7 Å². The summed E-state index contributed by atoms with van der Waals surface area (Å²) in [5.41, 5.74) is 5.44. The summed E-state index contributed by atoms with van der Waals surface area (Å²) in [6.45, 7) is 2.66. The van der Waals surface area contributed by atoms with Gasteiger partial charge in [0.1, 0.15) is 21.9 Å². The number of hydrogen-bond donors (Lipinski definition) is 4. The van der Waals surface area contributed by atoms with Crippen molar-refractivity contribution in [1.29, 1.82) is 0 Å². The molecule has 37 heavy (non-hydrogen) atoms. The zero-order valence-electron chi connectivity index (χ0n) is 23.3. The fourth-order valence-electron chi connectivity index (χ4n) is 4.19. The molecule has 0 aliphatic carbocycles. The smallest absolute Gasteiger partial charge is 0.326 e. The van der Waals surface area contributed by atoms with Crippen LogP contribution in [0.4, 0.5) is 0 Å². The molecule has 0 bridgehead atoms. The second kappa shape index (κ2) is 22.3. The van der Waals surface area contributed by atoms with E-state index >= 15 is 0 Å². The quantitative estimate of drug-likeness (QED) is 0.125. The summed E-state index contributed by atoms with van der Waals surface area (Å²) in [6.07, 6.45) is 18.2. The Bertz CT molecular complexity index is 730. The number of carboxylic acids is 1. The minimum absolute atomic E-state index is 0.107. The first-order chi connectivity index (χ1) is 17.6. The molecule has 0 rings (SSSR count). The Kier molecular flexibility index (Phi) is 21.3. The summed E-state index contributed by atoms with van der Waals surface area (Å²) >= 11 is 0. The molecule has 2 atom stereocenters. The molecule has 0 aliphatic rings. The van der Waals surface area contributed by atoms with Gasteiger partial charge in [-0.3, -0.25) is 9.59 Å². The topological polar surface area (TPSA) is 156 Å². The molecule has 0 saturated carbocycles. The number of sulfone groups is 1. The maximum Gasteiger partial charge on any atom is 0.326 e. The lowest BCUT2D eigenvalue weighted by Crippen LogP contribution is -2.52. The van der Waals surface area contributed by atoms with Crippen molar-refractivity contribution in [2.75, 3.05) is 18.6 Å². The van der Waals surface area contributed by atoms with Crippen LogP contribution in [0.3, 0.4) is 0 Å². The summed E-state index contributed by atoms with van der Waals surface area (Å²) in [4.78, 5) is 36.7. The molecule has 218 valence electrons. The zero-order chi connectivity index (χ0) is 27.9. The third-order valence-corrected chi connectivity index (χ3v) is 7.48. The number of carboxylic acid groups (broad SMARTS) is 1. The Hall–Kier alpha value is -1.68. The van der Waals surface area contributed by atoms with Gasteiger partial charge in [-0.2, -0.15) is 0 Å². The standard InChI is InChI=1S/C27H53N3O6S/c1-3-4-5-6-7-8-9-10-11-12-13-14-15-19-25(31)29-23(20-22-37(2,35)36)26(32)30-24(27(33)34)18-16-17-21-28/h23-24H,3-22,28H2,1-2H3,(H,29,31)(H,30,32)(H,33,34). The zero-order valence-corrected chi connectivity index (χ0v) is 24.1. The summed E-state index contributed by atoms with van der Waals surface area (Å²) in [6, 6.07) is -2.21. The summed E-state index contributed by atoms with van der Waals surface area (Å²) < 4.78 is 23.2. The van der Waals surface area contributed by atoms with Crippen molar-refractivity contribution < 1.29 is 27.9 Å². The fraction of sp³-hybridized carbons (Fsp3) is 0.889. The molecule has 10 heteroatoms. The van der Waals surface area contributed by atoms with E-state index in [-0.39, 0.29) is 30.9 Å². The van der Waals surface area contributed by atoms with Crippen molar-refractivity contribution in [3.63, 3.8) is 0 Å². The highest BCUT2D eigenvalue weighted by Gasteiger charge is 2.27. The second-order valence-electron chi connectivity index (χ2n) is 10.2. The van der Waals surface area contributed by atoms with Crippen molar-refractivity contribution in [3.8, 4) is 0 Å². The van der Waals surface area contributed by atoms with Crippen molar-refractivity contribution in [1.82, 2.24) is 10.6 Å². The highest BCUT2D eigenvalue weighted by molar-refractivity contribution is 7.90. The summed E-state index contributed by atoms with van der Waals surface area (Å²) in [5.74, 6) is -2.46. The van der Waals surface area contributed by atoms with Crippen molar-refractivity contribution in [3.05, 3.63) is 0 Å². The first-order valence-electron chi connectivity index (χ1n) is 14.3. The van der Waals surface area contributed by atoms with E-state index < -0.39 is 33.8 Å². The normalized spacial score (nSPS) is 13.2. The lowest BCUT2D eigenvalue weighted by Gasteiger charge is -2.21. The molecule has 2 unspecified atom stereocenters. The first-order valence-corrected chi connectivity index (χ1v) is 16.4. The lowest BCUT2D eigenvalue weighted by atomic mass is 10.0. The number of carbonyl (C=O) groups is 3. The van der Waals surface area contributed by atoms with E-state index in [0.29, 0.717) is 25.8 Å². The van der Waals surface area contributed by atoms with Crippen LogP contribution in [-0.4, -0.2) is 61.9 Å². The van der Waals surface area contributed by atoms with Crippen LogP contribution in [0, 0.1) is 0 Å². The monoisotopic (exact) mass is 547 g/mol. The van der Waals surface area contributed by atoms with Gasteiger partial charge in [-0.15, -0.1) is 0 Å². The van der Waals surface area contributed by atoms with Crippen LogP contribution < -0.4 is 16.4 Å². The average Bonchev–Trinajstić information content (AvgIpc) is 2.83. The number of nitrogens with one attached hydrogen (secondary N) is 2. The van der Waals surface area contributed by atoms with E-state index in [9.17, 15) is 27.9 Å². The molecule has 0 aliphatic heterocycles. The molecule has 0 spiro atoms. The maximum atomic E-state index is 12.7.